The summed E-state index contributed by atoms with van der Waals surface area (Å²) in [5.41, 5.74) is -0.914. The van der Waals surface area contributed by atoms with Gasteiger partial charge in [-0.25, -0.2) is 0 Å². The second-order valence-electron chi connectivity index (χ2n) is 3.87. The fourth-order valence-electron chi connectivity index (χ4n) is 1.68. The van der Waals surface area contributed by atoms with E-state index in [2.05, 4.69) is 6.58 Å². The minimum atomic E-state index is -1.12. The molecule has 0 aromatic heterocycles. The third-order valence-corrected chi connectivity index (χ3v) is 3.10. The number of benzene rings is 1. The smallest absolute Gasteiger partial charge is 0.273 e. The molecule has 0 aliphatic carbocycles. The van der Waals surface area contributed by atoms with Crippen molar-refractivity contribution >= 4 is 22.5 Å². The van der Waals surface area contributed by atoms with E-state index in [1.54, 1.807) is 25.1 Å². The Morgan fingerprint density at radius 3 is 2.65 bits per heavy atom. The zero-order valence-electron chi connectivity index (χ0n) is 9.35. The van der Waals surface area contributed by atoms with Gasteiger partial charge in [-0.1, -0.05) is 24.3 Å². The molecular weight excluding hydrogens is 242 g/mol. The molecule has 0 bridgehead atoms. The van der Waals surface area contributed by atoms with Crippen molar-refractivity contribution in [3.63, 3.8) is 0 Å². The molecule has 1 rings (SSSR count). The first-order valence-corrected chi connectivity index (χ1v) is 5.36. The molecule has 1 atom stereocenters. The summed E-state index contributed by atoms with van der Waals surface area (Å²) in [4.78, 5) is 21.9. The number of para-hydroxylation sites is 1. The van der Waals surface area contributed by atoms with Crippen LogP contribution < -0.4 is 0 Å². The van der Waals surface area contributed by atoms with E-state index in [0.29, 0.717) is 5.56 Å². The number of carbonyl (C=O) groups excluding carboxylic acids is 1. The maximum Gasteiger partial charge on any atom is 0.273 e. The number of nitro benzene ring substituents is 1. The zero-order valence-corrected chi connectivity index (χ0v) is 10.1. The number of halogens is 1. The van der Waals surface area contributed by atoms with E-state index in [9.17, 15) is 14.9 Å². The minimum absolute atomic E-state index is 0.106. The Bertz CT molecular complexity index is 473. The lowest BCUT2D eigenvalue weighted by Gasteiger charge is -2.23. The van der Waals surface area contributed by atoms with E-state index in [1.165, 1.54) is 12.1 Å². The van der Waals surface area contributed by atoms with Crippen molar-refractivity contribution in [2.75, 3.05) is 0 Å². The number of allylic oxidation sites excluding steroid dienone is 1. The van der Waals surface area contributed by atoms with Crippen LogP contribution in [0.15, 0.2) is 36.9 Å². The highest BCUT2D eigenvalue weighted by Crippen LogP contribution is 2.36. The van der Waals surface area contributed by atoms with Gasteiger partial charge in [0.05, 0.1) is 10.3 Å². The molecule has 0 amide bonds. The average molecular weight is 254 g/mol. The molecule has 0 spiro atoms. The van der Waals surface area contributed by atoms with Crippen molar-refractivity contribution in [1.29, 1.82) is 0 Å². The molecule has 0 N–H and O–H groups in total. The first-order valence-electron chi connectivity index (χ1n) is 4.98. The number of hydrogen-bond donors (Lipinski definition) is 0. The Morgan fingerprint density at radius 2 is 2.18 bits per heavy atom. The third kappa shape index (κ3) is 2.53. The monoisotopic (exact) mass is 253 g/mol. The summed E-state index contributed by atoms with van der Waals surface area (Å²) < 4.78 is 0. The van der Waals surface area contributed by atoms with Gasteiger partial charge in [0, 0.05) is 11.6 Å². The highest BCUT2D eigenvalue weighted by molar-refractivity contribution is 6.65. The highest BCUT2D eigenvalue weighted by atomic mass is 35.5. The van der Waals surface area contributed by atoms with Crippen LogP contribution in [0.5, 0.6) is 0 Å². The van der Waals surface area contributed by atoms with Crippen molar-refractivity contribution in [3.05, 3.63) is 52.6 Å². The lowest BCUT2D eigenvalue weighted by atomic mass is 9.80. The summed E-state index contributed by atoms with van der Waals surface area (Å²) in [5, 5.41) is 10.3. The van der Waals surface area contributed by atoms with Crippen LogP contribution in [0.1, 0.15) is 18.9 Å². The van der Waals surface area contributed by atoms with Crippen LogP contribution in [0.3, 0.4) is 0 Å². The Balaban J connectivity index is 3.43. The lowest BCUT2D eigenvalue weighted by molar-refractivity contribution is -0.385. The number of rotatable bonds is 5. The van der Waals surface area contributed by atoms with Gasteiger partial charge in [0.15, 0.2) is 0 Å². The zero-order chi connectivity index (χ0) is 13.1. The number of nitro groups is 1. The normalized spacial score (nSPS) is 13.8. The molecule has 0 saturated carbocycles. The van der Waals surface area contributed by atoms with E-state index in [0.717, 1.165) is 0 Å². The summed E-state index contributed by atoms with van der Waals surface area (Å²) in [6.07, 6.45) is 1.77. The van der Waals surface area contributed by atoms with Crippen molar-refractivity contribution < 1.29 is 9.72 Å². The van der Waals surface area contributed by atoms with Gasteiger partial charge < -0.3 is 0 Å². The fourth-order valence-corrected chi connectivity index (χ4v) is 1.86. The maximum absolute atomic E-state index is 11.5. The molecule has 1 aromatic rings. The van der Waals surface area contributed by atoms with Gasteiger partial charge in [-0.2, -0.15) is 0 Å². The van der Waals surface area contributed by atoms with Crippen molar-refractivity contribution in [1.82, 2.24) is 0 Å². The van der Waals surface area contributed by atoms with E-state index in [4.69, 9.17) is 11.6 Å². The van der Waals surface area contributed by atoms with E-state index < -0.39 is 15.6 Å². The van der Waals surface area contributed by atoms with Gasteiger partial charge >= 0.3 is 0 Å². The lowest BCUT2D eigenvalue weighted by Crippen LogP contribution is -2.29. The highest BCUT2D eigenvalue weighted by Gasteiger charge is 2.37. The Labute approximate surface area is 104 Å². The minimum Gasteiger partial charge on any atom is -0.280 e. The van der Waals surface area contributed by atoms with E-state index >= 15 is 0 Å². The second kappa shape index (κ2) is 5.10. The van der Waals surface area contributed by atoms with Gasteiger partial charge in [0.2, 0.25) is 5.24 Å². The Morgan fingerprint density at radius 1 is 1.59 bits per heavy atom. The summed E-state index contributed by atoms with van der Waals surface area (Å²) >= 11 is 5.57. The molecule has 0 aliphatic heterocycles. The third-order valence-electron chi connectivity index (χ3n) is 2.68. The predicted molar refractivity (Wildman–Crippen MR) is 66.1 cm³/mol. The van der Waals surface area contributed by atoms with Crippen molar-refractivity contribution in [2.45, 2.75) is 18.8 Å². The summed E-state index contributed by atoms with van der Waals surface area (Å²) in [6.45, 7) is 5.12. The van der Waals surface area contributed by atoms with Crippen LogP contribution >= 0.6 is 11.6 Å². The largest absolute Gasteiger partial charge is 0.280 e. The second-order valence-corrected chi connectivity index (χ2v) is 4.22. The van der Waals surface area contributed by atoms with Crippen molar-refractivity contribution in [3.8, 4) is 0 Å². The first kappa shape index (κ1) is 13.4. The molecule has 1 unspecified atom stereocenters. The predicted octanol–water partition coefficient (Wildman–Crippen LogP) is 3.19. The molecule has 4 nitrogen and oxygen atoms in total. The Hall–Kier alpha value is -1.68. The summed E-state index contributed by atoms with van der Waals surface area (Å²) in [6, 6.07) is 6.09. The molecular formula is C12H12ClNO3. The number of nitrogens with zero attached hydrogens (tertiary/aromatic N) is 1. The Kier molecular flexibility index (Phi) is 4.02. The van der Waals surface area contributed by atoms with Gasteiger partial charge in [-0.3, -0.25) is 14.9 Å². The molecule has 1 aromatic carbocycles. The maximum atomic E-state index is 11.5. The molecule has 0 fully saturated rings. The van der Waals surface area contributed by atoms with E-state index in [-0.39, 0.29) is 12.1 Å². The van der Waals surface area contributed by atoms with Crippen LogP contribution in [0.25, 0.3) is 0 Å². The van der Waals surface area contributed by atoms with Crippen LogP contribution in [0.4, 0.5) is 5.69 Å². The van der Waals surface area contributed by atoms with Crippen LogP contribution in [-0.2, 0) is 10.2 Å². The van der Waals surface area contributed by atoms with Gasteiger partial charge in [0.25, 0.3) is 5.69 Å². The molecule has 0 heterocycles. The van der Waals surface area contributed by atoms with Gasteiger partial charge in [-0.05, 0) is 24.9 Å². The standard InChI is InChI=1S/C12H12ClNO3/c1-3-8-12(2,11(13)15)9-6-4-5-7-10(9)14(16)17/h3-7H,1,8H2,2H3. The molecule has 5 heteroatoms. The van der Waals surface area contributed by atoms with Gasteiger partial charge in [0.1, 0.15) is 0 Å². The number of carbonyl (C=O) groups is 1. The summed E-state index contributed by atoms with van der Waals surface area (Å²) in [5.74, 6) is 0. The number of hydrogen-bond acceptors (Lipinski definition) is 3. The van der Waals surface area contributed by atoms with Crippen molar-refractivity contribution in [2.24, 2.45) is 0 Å². The molecule has 0 saturated heterocycles. The average Bonchev–Trinajstić information content (AvgIpc) is 2.29. The van der Waals surface area contributed by atoms with E-state index in [1.807, 2.05) is 0 Å². The molecule has 0 aliphatic rings. The molecule has 17 heavy (non-hydrogen) atoms. The van der Waals surface area contributed by atoms with Gasteiger partial charge in [-0.15, -0.1) is 6.58 Å². The van der Waals surface area contributed by atoms with Crippen LogP contribution in [-0.4, -0.2) is 10.2 Å². The SMILES string of the molecule is C=CCC(C)(C(=O)Cl)c1ccccc1[N+](=O)[O-]. The molecule has 0 radical (unpaired) electrons. The van der Waals surface area contributed by atoms with Crippen LogP contribution in [0.2, 0.25) is 0 Å². The van der Waals surface area contributed by atoms with Crippen LogP contribution in [0, 0.1) is 10.1 Å². The first-order chi connectivity index (χ1) is 7.93. The quantitative estimate of drug-likeness (QED) is 0.350. The topological polar surface area (TPSA) is 60.2 Å². The summed E-state index contributed by atoms with van der Waals surface area (Å²) in [7, 11) is 0. The fraction of sp³-hybridized carbons (Fsp3) is 0.250. The molecule has 90 valence electrons.